The van der Waals surface area contributed by atoms with Gasteiger partial charge in [-0.25, -0.2) is 14.4 Å². The van der Waals surface area contributed by atoms with Crippen molar-refractivity contribution in [3.8, 4) is 11.3 Å². The second-order valence-electron chi connectivity index (χ2n) is 5.67. The van der Waals surface area contributed by atoms with Crippen LogP contribution in [0.1, 0.15) is 10.4 Å². The molecule has 4 rings (SSSR count). The van der Waals surface area contributed by atoms with Gasteiger partial charge in [-0.15, -0.1) is 0 Å². The van der Waals surface area contributed by atoms with Crippen LogP contribution in [0.3, 0.4) is 0 Å². The van der Waals surface area contributed by atoms with Crippen molar-refractivity contribution in [3.63, 3.8) is 0 Å². The molecule has 0 aliphatic rings. The highest BCUT2D eigenvalue weighted by molar-refractivity contribution is 6.05. The molecule has 128 valence electrons. The molecule has 0 bridgehead atoms. The zero-order valence-electron chi connectivity index (χ0n) is 13.6. The van der Waals surface area contributed by atoms with Gasteiger partial charge in [0.2, 0.25) is 0 Å². The van der Waals surface area contributed by atoms with Crippen molar-refractivity contribution < 1.29 is 9.18 Å². The van der Waals surface area contributed by atoms with E-state index in [9.17, 15) is 9.18 Å². The Morgan fingerprint density at radius 1 is 1.08 bits per heavy atom. The zero-order valence-corrected chi connectivity index (χ0v) is 13.6. The first-order valence-corrected chi connectivity index (χ1v) is 7.88. The van der Waals surface area contributed by atoms with Crippen LogP contribution in [-0.2, 0) is 0 Å². The van der Waals surface area contributed by atoms with Gasteiger partial charge in [0.1, 0.15) is 28.8 Å². The maximum Gasteiger partial charge on any atom is 0.258 e. The van der Waals surface area contributed by atoms with Crippen molar-refractivity contribution in [3.05, 3.63) is 78.4 Å². The molecule has 7 heteroatoms. The van der Waals surface area contributed by atoms with Crippen molar-refractivity contribution in [2.75, 3.05) is 11.1 Å². The molecule has 6 nitrogen and oxygen atoms in total. The summed E-state index contributed by atoms with van der Waals surface area (Å²) < 4.78 is 15.0. The minimum Gasteiger partial charge on any atom is -0.384 e. The highest BCUT2D eigenvalue weighted by Gasteiger charge is 2.17. The number of rotatable bonds is 3. The summed E-state index contributed by atoms with van der Waals surface area (Å²) >= 11 is 0. The van der Waals surface area contributed by atoms with Crippen LogP contribution in [-0.4, -0.2) is 20.3 Å². The molecule has 0 radical (unpaired) electrons. The van der Waals surface area contributed by atoms with E-state index in [2.05, 4.69) is 15.3 Å². The monoisotopic (exact) mass is 347 g/mol. The molecule has 0 aliphatic carbocycles. The number of nitrogens with two attached hydrogens (primary N) is 1. The molecule has 3 N–H and O–H groups in total. The van der Waals surface area contributed by atoms with Crippen molar-refractivity contribution in [1.29, 1.82) is 0 Å². The molecule has 0 spiro atoms. The van der Waals surface area contributed by atoms with Gasteiger partial charge in [0, 0.05) is 18.0 Å². The molecular formula is C19H14FN5O. The first kappa shape index (κ1) is 15.8. The highest BCUT2D eigenvalue weighted by Crippen LogP contribution is 2.29. The van der Waals surface area contributed by atoms with E-state index in [-0.39, 0.29) is 11.7 Å². The third kappa shape index (κ3) is 2.86. The zero-order chi connectivity index (χ0) is 18.1. The van der Waals surface area contributed by atoms with Gasteiger partial charge in [-0.1, -0.05) is 6.07 Å². The molecule has 1 aromatic carbocycles. The fourth-order valence-corrected chi connectivity index (χ4v) is 2.64. The number of fused-ring (bicyclic) bond motifs is 1. The number of hydrogen-bond acceptors (Lipinski definition) is 4. The van der Waals surface area contributed by atoms with Crippen molar-refractivity contribution in [2.45, 2.75) is 0 Å². The normalized spacial score (nSPS) is 10.8. The Balaban J connectivity index is 1.79. The maximum atomic E-state index is 13.3. The van der Waals surface area contributed by atoms with Gasteiger partial charge < -0.3 is 11.1 Å². The summed E-state index contributed by atoms with van der Waals surface area (Å²) in [4.78, 5) is 21.1. The molecular weight excluding hydrogens is 333 g/mol. The number of anilines is 2. The maximum absolute atomic E-state index is 13.3. The largest absolute Gasteiger partial charge is 0.384 e. The Morgan fingerprint density at radius 3 is 2.62 bits per heavy atom. The van der Waals surface area contributed by atoms with Gasteiger partial charge in [-0.2, -0.15) is 0 Å². The Hall–Kier alpha value is -3.74. The van der Waals surface area contributed by atoms with E-state index >= 15 is 0 Å². The van der Waals surface area contributed by atoms with Gasteiger partial charge in [0.15, 0.2) is 0 Å². The standard InChI is InChI=1S/C19H14FN5O/c20-14-7-4-12(5-8-14)17-18(25-10-2-1-3-16(25)23-17)24-19(26)13-6-9-15(21)22-11-13/h1-11H,(H2,21,22)(H,24,26). The first-order chi connectivity index (χ1) is 12.6. The third-order valence-electron chi connectivity index (χ3n) is 3.93. The quantitative estimate of drug-likeness (QED) is 0.595. The number of aromatic nitrogens is 3. The van der Waals surface area contributed by atoms with Crippen molar-refractivity contribution in [1.82, 2.24) is 14.4 Å². The van der Waals surface area contributed by atoms with E-state index in [4.69, 9.17) is 5.73 Å². The van der Waals surface area contributed by atoms with Crippen LogP contribution in [0.5, 0.6) is 0 Å². The minimum absolute atomic E-state index is 0.336. The number of carbonyl (C=O) groups is 1. The number of nitrogens with zero attached hydrogens (tertiary/aromatic N) is 3. The van der Waals surface area contributed by atoms with Gasteiger partial charge >= 0.3 is 0 Å². The van der Waals surface area contributed by atoms with E-state index in [1.807, 2.05) is 18.2 Å². The van der Waals surface area contributed by atoms with Gasteiger partial charge in [-0.3, -0.25) is 9.20 Å². The number of pyridine rings is 2. The number of halogens is 1. The summed E-state index contributed by atoms with van der Waals surface area (Å²) in [7, 11) is 0. The SMILES string of the molecule is Nc1ccc(C(=O)Nc2c(-c3ccc(F)cc3)nc3ccccn23)cn1. The molecule has 4 aromatic rings. The highest BCUT2D eigenvalue weighted by atomic mass is 19.1. The van der Waals surface area contributed by atoms with Gasteiger partial charge in [0.05, 0.1) is 5.56 Å². The van der Waals surface area contributed by atoms with Crippen LogP contribution in [0, 0.1) is 5.82 Å². The number of nitrogen functional groups attached to an aromatic ring is 1. The fourth-order valence-electron chi connectivity index (χ4n) is 2.64. The summed E-state index contributed by atoms with van der Waals surface area (Å²) in [6.45, 7) is 0. The third-order valence-corrected chi connectivity index (χ3v) is 3.93. The number of nitrogens with one attached hydrogen (secondary N) is 1. The van der Waals surface area contributed by atoms with E-state index in [1.165, 1.54) is 18.3 Å². The molecule has 3 heterocycles. The predicted octanol–water partition coefficient (Wildman–Crippen LogP) is 3.37. The number of amides is 1. The number of benzene rings is 1. The van der Waals surface area contributed by atoms with Crippen molar-refractivity contribution in [2.24, 2.45) is 0 Å². The molecule has 26 heavy (non-hydrogen) atoms. The molecule has 3 aromatic heterocycles. The second kappa shape index (κ2) is 6.29. The summed E-state index contributed by atoms with van der Waals surface area (Å²) in [5.74, 6) is 0.153. The summed E-state index contributed by atoms with van der Waals surface area (Å²) in [6.07, 6.45) is 3.21. The van der Waals surface area contributed by atoms with Crippen LogP contribution in [0.2, 0.25) is 0 Å². The van der Waals surface area contributed by atoms with Gasteiger partial charge in [0.25, 0.3) is 5.91 Å². The fraction of sp³-hybridized carbons (Fsp3) is 0. The topological polar surface area (TPSA) is 85.3 Å². The number of imidazole rings is 1. The van der Waals surface area contributed by atoms with E-state index in [0.717, 1.165) is 0 Å². The molecule has 0 saturated heterocycles. The van der Waals surface area contributed by atoms with E-state index in [0.29, 0.717) is 34.1 Å². The number of hydrogen-bond donors (Lipinski definition) is 2. The minimum atomic E-state index is -0.341. The molecule has 0 saturated carbocycles. The molecule has 1 amide bonds. The Kier molecular flexibility index (Phi) is 3.81. The smallest absolute Gasteiger partial charge is 0.258 e. The lowest BCUT2D eigenvalue weighted by atomic mass is 10.1. The molecule has 0 atom stereocenters. The lowest BCUT2D eigenvalue weighted by Gasteiger charge is -2.08. The summed E-state index contributed by atoms with van der Waals surface area (Å²) in [5, 5.41) is 2.87. The summed E-state index contributed by atoms with van der Waals surface area (Å²) in [5.41, 5.74) is 7.84. The molecule has 0 fully saturated rings. The van der Waals surface area contributed by atoms with Crippen LogP contribution < -0.4 is 11.1 Å². The average molecular weight is 347 g/mol. The average Bonchev–Trinajstić information content (AvgIpc) is 3.01. The summed E-state index contributed by atoms with van der Waals surface area (Å²) in [6, 6.07) is 14.6. The Labute approximate surface area is 148 Å². The Morgan fingerprint density at radius 2 is 1.88 bits per heavy atom. The number of carbonyl (C=O) groups excluding carboxylic acids is 1. The van der Waals surface area contributed by atoms with E-state index in [1.54, 1.807) is 34.9 Å². The van der Waals surface area contributed by atoms with E-state index < -0.39 is 0 Å². The lowest BCUT2D eigenvalue weighted by Crippen LogP contribution is -2.14. The van der Waals surface area contributed by atoms with Crippen LogP contribution in [0.15, 0.2) is 67.0 Å². The molecule has 0 aliphatic heterocycles. The van der Waals surface area contributed by atoms with Crippen LogP contribution in [0.25, 0.3) is 16.9 Å². The molecule has 0 unspecified atom stereocenters. The van der Waals surface area contributed by atoms with Crippen molar-refractivity contribution >= 4 is 23.2 Å². The van der Waals surface area contributed by atoms with Crippen LogP contribution in [0.4, 0.5) is 16.0 Å². The first-order valence-electron chi connectivity index (χ1n) is 7.88. The second-order valence-corrected chi connectivity index (χ2v) is 5.67. The Bertz CT molecular complexity index is 1090. The van der Waals surface area contributed by atoms with Crippen LogP contribution >= 0.6 is 0 Å². The predicted molar refractivity (Wildman–Crippen MR) is 97.2 cm³/mol. The lowest BCUT2D eigenvalue weighted by molar-refractivity contribution is 0.102. The van der Waals surface area contributed by atoms with Gasteiger partial charge in [-0.05, 0) is 48.5 Å².